The molecule has 0 amide bonds. The summed E-state index contributed by atoms with van der Waals surface area (Å²) in [6, 6.07) is 11.6. The maximum Gasteiger partial charge on any atom is 0.121 e. The van der Waals surface area contributed by atoms with E-state index in [0.29, 0.717) is 5.56 Å². The van der Waals surface area contributed by atoms with E-state index < -0.39 is 0 Å². The van der Waals surface area contributed by atoms with Crippen molar-refractivity contribution in [2.45, 2.75) is 6.92 Å². The molecule has 1 aromatic heterocycles. The average Bonchev–Trinajstić information content (AvgIpc) is 2.39. The molecule has 0 aliphatic carbocycles. The Kier molecular flexibility index (Phi) is 3.06. The Morgan fingerprint density at radius 2 is 2.06 bits per heavy atom. The summed E-state index contributed by atoms with van der Waals surface area (Å²) >= 11 is 0. The highest BCUT2D eigenvalue weighted by molar-refractivity contribution is 5.62. The minimum Gasteiger partial charge on any atom is -0.496 e. The van der Waals surface area contributed by atoms with Gasteiger partial charge in [0.1, 0.15) is 11.8 Å². The maximum atomic E-state index is 8.70. The van der Waals surface area contributed by atoms with E-state index in [4.69, 9.17) is 10.00 Å². The second kappa shape index (κ2) is 4.67. The van der Waals surface area contributed by atoms with Gasteiger partial charge in [0.25, 0.3) is 0 Å². The van der Waals surface area contributed by atoms with E-state index in [1.165, 1.54) is 0 Å². The van der Waals surface area contributed by atoms with Crippen LogP contribution in [0.15, 0.2) is 36.5 Å². The Hall–Kier alpha value is -2.34. The molecule has 2 rings (SSSR count). The van der Waals surface area contributed by atoms with Crippen molar-refractivity contribution in [2.24, 2.45) is 0 Å². The van der Waals surface area contributed by atoms with Crippen molar-refractivity contribution >= 4 is 0 Å². The number of methoxy groups -OCH3 is 1. The molecule has 2 aromatic rings. The fraction of sp³-hybridized carbons (Fsp3) is 0.143. The van der Waals surface area contributed by atoms with E-state index in [0.717, 1.165) is 22.6 Å². The molecule has 0 saturated carbocycles. The molecule has 84 valence electrons. The predicted molar refractivity (Wildman–Crippen MR) is 65.7 cm³/mol. The van der Waals surface area contributed by atoms with Crippen molar-refractivity contribution in [2.75, 3.05) is 7.11 Å². The zero-order valence-electron chi connectivity index (χ0n) is 9.77. The highest BCUT2D eigenvalue weighted by Crippen LogP contribution is 2.24. The van der Waals surface area contributed by atoms with Gasteiger partial charge in [-0.25, -0.2) is 0 Å². The Labute approximate surface area is 100 Å². The SMILES string of the molecule is COc1ccc(-c2ccc(C#N)cn2)cc1C. The van der Waals surface area contributed by atoms with Gasteiger partial charge in [-0.15, -0.1) is 0 Å². The van der Waals surface area contributed by atoms with Gasteiger partial charge in [-0.3, -0.25) is 4.98 Å². The summed E-state index contributed by atoms with van der Waals surface area (Å²) in [6.07, 6.45) is 1.58. The van der Waals surface area contributed by atoms with Crippen molar-refractivity contribution in [1.82, 2.24) is 4.98 Å². The molecule has 0 aliphatic heterocycles. The summed E-state index contributed by atoms with van der Waals surface area (Å²) in [6.45, 7) is 1.99. The number of pyridine rings is 1. The second-order valence-electron chi connectivity index (χ2n) is 3.73. The fourth-order valence-electron chi connectivity index (χ4n) is 1.67. The van der Waals surface area contributed by atoms with Crippen LogP contribution in [0.1, 0.15) is 11.1 Å². The molecule has 0 fully saturated rings. The third-order valence-electron chi connectivity index (χ3n) is 2.58. The maximum absolute atomic E-state index is 8.70. The topological polar surface area (TPSA) is 45.9 Å². The number of hydrogen-bond donors (Lipinski definition) is 0. The van der Waals surface area contributed by atoms with Gasteiger partial charge < -0.3 is 4.74 Å². The van der Waals surface area contributed by atoms with Crippen molar-refractivity contribution in [3.63, 3.8) is 0 Å². The first-order valence-electron chi connectivity index (χ1n) is 5.26. The Morgan fingerprint density at radius 3 is 2.59 bits per heavy atom. The molecule has 0 atom stereocenters. The van der Waals surface area contributed by atoms with Crippen LogP contribution in [0.2, 0.25) is 0 Å². The van der Waals surface area contributed by atoms with Gasteiger partial charge in [-0.05, 0) is 42.8 Å². The van der Waals surface area contributed by atoms with E-state index in [1.807, 2.05) is 31.2 Å². The third-order valence-corrected chi connectivity index (χ3v) is 2.58. The van der Waals surface area contributed by atoms with E-state index in [-0.39, 0.29) is 0 Å². The molecule has 1 aromatic carbocycles. The molecule has 0 bridgehead atoms. The quantitative estimate of drug-likeness (QED) is 0.787. The van der Waals surface area contributed by atoms with Crippen molar-refractivity contribution < 1.29 is 4.74 Å². The normalized spacial score (nSPS) is 9.71. The summed E-state index contributed by atoms with van der Waals surface area (Å²) < 4.78 is 5.21. The number of aromatic nitrogens is 1. The summed E-state index contributed by atoms with van der Waals surface area (Å²) in [5, 5.41) is 8.70. The van der Waals surface area contributed by atoms with Crippen LogP contribution in [-0.2, 0) is 0 Å². The summed E-state index contributed by atoms with van der Waals surface area (Å²) in [5.74, 6) is 0.863. The molecule has 3 nitrogen and oxygen atoms in total. The summed E-state index contributed by atoms with van der Waals surface area (Å²) in [4.78, 5) is 4.25. The van der Waals surface area contributed by atoms with Crippen LogP contribution < -0.4 is 4.74 Å². The van der Waals surface area contributed by atoms with Crippen LogP contribution in [0.3, 0.4) is 0 Å². The molecule has 0 radical (unpaired) electrons. The molecular weight excluding hydrogens is 212 g/mol. The lowest BCUT2D eigenvalue weighted by Crippen LogP contribution is -1.89. The summed E-state index contributed by atoms with van der Waals surface area (Å²) in [5.41, 5.74) is 3.51. The van der Waals surface area contributed by atoms with Crippen LogP contribution in [0.25, 0.3) is 11.3 Å². The largest absolute Gasteiger partial charge is 0.496 e. The molecule has 17 heavy (non-hydrogen) atoms. The fourth-order valence-corrected chi connectivity index (χ4v) is 1.67. The number of benzene rings is 1. The number of rotatable bonds is 2. The number of aryl methyl sites for hydroxylation is 1. The van der Waals surface area contributed by atoms with Gasteiger partial charge >= 0.3 is 0 Å². The minimum atomic E-state index is 0.569. The van der Waals surface area contributed by atoms with Crippen LogP contribution >= 0.6 is 0 Å². The molecule has 1 heterocycles. The van der Waals surface area contributed by atoms with E-state index in [9.17, 15) is 0 Å². The monoisotopic (exact) mass is 224 g/mol. The average molecular weight is 224 g/mol. The van der Waals surface area contributed by atoms with Gasteiger partial charge in [-0.2, -0.15) is 5.26 Å². The standard InChI is InChI=1S/C14H12N2O/c1-10-7-12(4-6-14(10)17-2)13-5-3-11(8-15)9-16-13/h3-7,9H,1-2H3. The Bertz CT molecular complexity index is 568. The van der Waals surface area contributed by atoms with E-state index in [1.54, 1.807) is 19.4 Å². The molecular formula is C14H12N2O. The third kappa shape index (κ3) is 2.26. The zero-order valence-corrected chi connectivity index (χ0v) is 9.77. The first-order chi connectivity index (χ1) is 8.24. The Balaban J connectivity index is 2.40. The lowest BCUT2D eigenvalue weighted by molar-refractivity contribution is 0.412. The van der Waals surface area contributed by atoms with Gasteiger partial charge in [0.15, 0.2) is 0 Å². The van der Waals surface area contributed by atoms with Crippen LogP contribution in [0.5, 0.6) is 5.75 Å². The van der Waals surface area contributed by atoms with Gasteiger partial charge in [0.2, 0.25) is 0 Å². The number of nitrogens with zero attached hydrogens (tertiary/aromatic N) is 2. The number of nitriles is 1. The van der Waals surface area contributed by atoms with Gasteiger partial charge in [0.05, 0.1) is 18.4 Å². The smallest absolute Gasteiger partial charge is 0.121 e. The Morgan fingerprint density at radius 1 is 1.24 bits per heavy atom. The van der Waals surface area contributed by atoms with Crippen molar-refractivity contribution in [3.05, 3.63) is 47.7 Å². The van der Waals surface area contributed by atoms with Crippen LogP contribution in [0.4, 0.5) is 0 Å². The first-order valence-corrected chi connectivity index (χ1v) is 5.26. The highest BCUT2D eigenvalue weighted by atomic mass is 16.5. The molecule has 0 unspecified atom stereocenters. The molecule has 3 heteroatoms. The van der Waals surface area contributed by atoms with Gasteiger partial charge in [0, 0.05) is 11.8 Å². The molecule has 0 spiro atoms. The van der Waals surface area contributed by atoms with Crippen LogP contribution in [-0.4, -0.2) is 12.1 Å². The molecule has 0 aliphatic rings. The summed E-state index contributed by atoms with van der Waals surface area (Å²) in [7, 11) is 1.65. The predicted octanol–water partition coefficient (Wildman–Crippen LogP) is 2.94. The van der Waals surface area contributed by atoms with Crippen molar-refractivity contribution in [1.29, 1.82) is 5.26 Å². The second-order valence-corrected chi connectivity index (χ2v) is 3.73. The zero-order chi connectivity index (χ0) is 12.3. The number of ether oxygens (including phenoxy) is 1. The number of hydrogen-bond acceptors (Lipinski definition) is 3. The minimum absolute atomic E-state index is 0.569. The van der Waals surface area contributed by atoms with E-state index >= 15 is 0 Å². The van der Waals surface area contributed by atoms with Gasteiger partial charge in [-0.1, -0.05) is 0 Å². The highest BCUT2D eigenvalue weighted by Gasteiger charge is 2.03. The van der Waals surface area contributed by atoms with E-state index in [2.05, 4.69) is 11.1 Å². The first kappa shape index (κ1) is 11.2. The van der Waals surface area contributed by atoms with Crippen LogP contribution in [0, 0.1) is 18.3 Å². The van der Waals surface area contributed by atoms with Crippen molar-refractivity contribution in [3.8, 4) is 23.1 Å². The molecule has 0 N–H and O–H groups in total. The lowest BCUT2D eigenvalue weighted by Gasteiger charge is -2.06. The lowest BCUT2D eigenvalue weighted by atomic mass is 10.1. The molecule has 0 saturated heterocycles.